The van der Waals surface area contributed by atoms with Crippen LogP contribution >= 0.6 is 12.6 Å². The number of aryl methyl sites for hydroxylation is 2. The second-order valence-corrected chi connectivity index (χ2v) is 8.44. The van der Waals surface area contributed by atoms with Gasteiger partial charge < -0.3 is 20.8 Å². The Hall–Kier alpha value is -1.37. The molecule has 0 aliphatic carbocycles. The molecule has 2 aromatic carbocycles. The van der Waals surface area contributed by atoms with E-state index in [0.717, 1.165) is 51.6 Å². The smallest absolute Gasteiger partial charge is 0.147 e. The number of hydrogen-bond acceptors (Lipinski definition) is 5. The van der Waals surface area contributed by atoms with Gasteiger partial charge in [-0.3, -0.25) is 0 Å². The third-order valence-corrected chi connectivity index (χ3v) is 5.54. The highest BCUT2D eigenvalue weighted by atomic mass is 32.1. The molecule has 0 aliphatic rings. The molecular weight excluding hydrogens is 380 g/mol. The summed E-state index contributed by atoms with van der Waals surface area (Å²) >= 11 is 4.26. The maximum absolute atomic E-state index is 10.4. The van der Waals surface area contributed by atoms with Gasteiger partial charge in [0.25, 0.3) is 0 Å². The highest BCUT2D eigenvalue weighted by Crippen LogP contribution is 2.14. The van der Waals surface area contributed by atoms with E-state index >= 15 is 0 Å². The topological polar surface area (TPSA) is 64.5 Å². The normalized spacial score (nSPS) is 14.4. The van der Waals surface area contributed by atoms with Crippen LogP contribution in [0.5, 0.6) is 0 Å². The highest BCUT2D eigenvalue weighted by Gasteiger charge is 2.30. The van der Waals surface area contributed by atoms with E-state index < -0.39 is 11.0 Å². The lowest BCUT2D eigenvalue weighted by atomic mass is 10.1. The number of hydrogen-bond donors (Lipinski definition) is 5. The Morgan fingerprint density at radius 2 is 1.24 bits per heavy atom. The average Bonchev–Trinajstić information content (AvgIpc) is 2.74. The van der Waals surface area contributed by atoms with Crippen molar-refractivity contribution < 1.29 is 10.2 Å². The summed E-state index contributed by atoms with van der Waals surface area (Å²) in [5.41, 5.74) is 2.70. The average molecular weight is 417 g/mol. The van der Waals surface area contributed by atoms with Gasteiger partial charge in [0.15, 0.2) is 0 Å². The van der Waals surface area contributed by atoms with Gasteiger partial charge in [-0.15, -0.1) is 12.6 Å². The van der Waals surface area contributed by atoms with E-state index in [-0.39, 0.29) is 6.54 Å². The molecular formula is C24H36N2O2S. The first-order valence-electron chi connectivity index (χ1n) is 10.7. The first kappa shape index (κ1) is 23.9. The second-order valence-electron chi connectivity index (χ2n) is 7.66. The molecule has 0 aromatic heterocycles. The Balaban J connectivity index is 1.48. The summed E-state index contributed by atoms with van der Waals surface area (Å²) in [6.45, 7) is 2.22. The van der Waals surface area contributed by atoms with Crippen molar-refractivity contribution >= 4 is 12.6 Å². The molecule has 4 nitrogen and oxygen atoms in total. The minimum Gasteiger partial charge on any atom is -0.388 e. The minimum absolute atomic E-state index is 0.262. The number of thiol groups is 1. The van der Waals surface area contributed by atoms with E-state index in [0.29, 0.717) is 6.54 Å². The largest absolute Gasteiger partial charge is 0.388 e. The standard InChI is InChI=1S/C24H36N2O2S/c27-23(19-25-17-9-7-15-21-11-3-1-4-12-21)24(28,29)20-26-18-10-8-16-22-13-5-2-6-14-22/h1-6,11-14,23,25-29H,7-10,15-20H2. The van der Waals surface area contributed by atoms with Gasteiger partial charge in [0, 0.05) is 13.1 Å². The molecule has 0 saturated carbocycles. The van der Waals surface area contributed by atoms with Crippen LogP contribution < -0.4 is 10.6 Å². The fourth-order valence-corrected chi connectivity index (χ4v) is 3.44. The first-order valence-corrected chi connectivity index (χ1v) is 11.1. The molecule has 5 heteroatoms. The summed E-state index contributed by atoms with van der Waals surface area (Å²) in [4.78, 5) is -1.43. The predicted molar refractivity (Wildman–Crippen MR) is 124 cm³/mol. The van der Waals surface area contributed by atoms with Crippen molar-refractivity contribution in [2.75, 3.05) is 26.2 Å². The number of benzene rings is 2. The molecule has 0 radical (unpaired) electrons. The molecule has 0 saturated heterocycles. The van der Waals surface area contributed by atoms with Crippen LogP contribution in [0.25, 0.3) is 0 Å². The third kappa shape index (κ3) is 10.3. The minimum atomic E-state index is -1.43. The highest BCUT2D eigenvalue weighted by molar-refractivity contribution is 7.81. The summed E-state index contributed by atoms with van der Waals surface area (Å²) in [5.74, 6) is 0. The van der Waals surface area contributed by atoms with Crippen molar-refractivity contribution in [2.24, 2.45) is 0 Å². The number of aliphatic hydroxyl groups is 2. The van der Waals surface area contributed by atoms with Gasteiger partial charge >= 0.3 is 0 Å². The van der Waals surface area contributed by atoms with Gasteiger partial charge in [0.05, 0.1) is 0 Å². The molecule has 4 N–H and O–H groups in total. The lowest BCUT2D eigenvalue weighted by Crippen LogP contribution is -2.50. The summed E-state index contributed by atoms with van der Waals surface area (Å²) < 4.78 is 0. The van der Waals surface area contributed by atoms with E-state index in [9.17, 15) is 10.2 Å². The summed E-state index contributed by atoms with van der Waals surface area (Å²) in [6.07, 6.45) is 5.45. The van der Waals surface area contributed by atoms with Crippen molar-refractivity contribution in [1.82, 2.24) is 10.6 Å². The molecule has 0 spiro atoms. The Bertz CT molecular complexity index is 652. The molecule has 2 atom stereocenters. The van der Waals surface area contributed by atoms with Crippen LogP contribution in [0.2, 0.25) is 0 Å². The first-order chi connectivity index (χ1) is 14.1. The van der Waals surface area contributed by atoms with Crippen LogP contribution in [-0.2, 0) is 12.8 Å². The monoisotopic (exact) mass is 416 g/mol. The van der Waals surface area contributed by atoms with Crippen LogP contribution in [0.1, 0.15) is 36.8 Å². The van der Waals surface area contributed by atoms with E-state index in [1.54, 1.807) is 0 Å². The van der Waals surface area contributed by atoms with Crippen molar-refractivity contribution in [3.8, 4) is 0 Å². The summed E-state index contributed by atoms with van der Waals surface area (Å²) in [7, 11) is 0. The van der Waals surface area contributed by atoms with Crippen LogP contribution in [0.4, 0.5) is 0 Å². The Morgan fingerprint density at radius 3 is 1.76 bits per heavy atom. The van der Waals surface area contributed by atoms with Crippen LogP contribution in [-0.4, -0.2) is 47.4 Å². The van der Waals surface area contributed by atoms with Gasteiger partial charge in [-0.1, -0.05) is 60.7 Å². The zero-order chi connectivity index (χ0) is 20.8. The maximum atomic E-state index is 10.4. The molecule has 2 rings (SSSR count). The van der Waals surface area contributed by atoms with Crippen molar-refractivity contribution in [2.45, 2.75) is 49.6 Å². The van der Waals surface area contributed by atoms with E-state index in [4.69, 9.17) is 0 Å². The molecule has 160 valence electrons. The molecule has 2 unspecified atom stereocenters. The van der Waals surface area contributed by atoms with Crippen LogP contribution in [0.3, 0.4) is 0 Å². The van der Waals surface area contributed by atoms with Crippen molar-refractivity contribution in [3.05, 3.63) is 71.8 Å². The number of aliphatic hydroxyl groups excluding tert-OH is 1. The zero-order valence-electron chi connectivity index (χ0n) is 17.3. The van der Waals surface area contributed by atoms with Gasteiger partial charge in [0.2, 0.25) is 0 Å². The van der Waals surface area contributed by atoms with E-state index in [2.05, 4.69) is 71.8 Å². The lowest BCUT2D eigenvalue weighted by Gasteiger charge is -2.28. The predicted octanol–water partition coefficient (Wildman–Crippen LogP) is 3.19. The summed E-state index contributed by atoms with van der Waals surface area (Å²) in [5, 5.41) is 27.0. The second kappa shape index (κ2) is 13.8. The summed E-state index contributed by atoms with van der Waals surface area (Å²) in [6, 6.07) is 20.9. The fourth-order valence-electron chi connectivity index (χ4n) is 3.24. The lowest BCUT2D eigenvalue weighted by molar-refractivity contribution is -0.00312. The fraction of sp³-hybridized carbons (Fsp3) is 0.500. The number of nitrogens with one attached hydrogen (secondary N) is 2. The molecule has 29 heavy (non-hydrogen) atoms. The van der Waals surface area contributed by atoms with Gasteiger partial charge in [0.1, 0.15) is 11.0 Å². The molecule has 0 bridgehead atoms. The molecule has 0 amide bonds. The van der Waals surface area contributed by atoms with Gasteiger partial charge in [-0.25, -0.2) is 0 Å². The Morgan fingerprint density at radius 1 is 0.759 bits per heavy atom. The third-order valence-electron chi connectivity index (χ3n) is 5.08. The van der Waals surface area contributed by atoms with Crippen molar-refractivity contribution in [1.29, 1.82) is 0 Å². The maximum Gasteiger partial charge on any atom is 0.147 e. The van der Waals surface area contributed by atoms with Crippen LogP contribution in [0.15, 0.2) is 60.7 Å². The van der Waals surface area contributed by atoms with Gasteiger partial charge in [-0.05, 0) is 62.7 Å². The van der Waals surface area contributed by atoms with E-state index in [1.165, 1.54) is 11.1 Å². The van der Waals surface area contributed by atoms with E-state index in [1.807, 2.05) is 12.1 Å². The zero-order valence-corrected chi connectivity index (χ0v) is 18.2. The molecule has 2 aromatic rings. The molecule has 0 aliphatic heterocycles. The van der Waals surface area contributed by atoms with Crippen molar-refractivity contribution in [3.63, 3.8) is 0 Å². The Kier molecular flexibility index (Phi) is 11.4. The number of unbranched alkanes of at least 4 members (excludes halogenated alkanes) is 2. The Labute approximate surface area is 181 Å². The van der Waals surface area contributed by atoms with Crippen LogP contribution in [0, 0.1) is 0 Å². The number of rotatable bonds is 15. The quantitative estimate of drug-likeness (QED) is 0.176. The molecule has 0 heterocycles. The molecule has 0 fully saturated rings. The SMILES string of the molecule is OC(CNCCCCc1ccccc1)C(O)(S)CNCCCCc1ccccc1. The van der Waals surface area contributed by atoms with Gasteiger partial charge in [-0.2, -0.15) is 0 Å².